The SMILES string of the molecule is Nc1nc(-n2cncn2)c2cc(F)cc(F)c2n1. The quantitative estimate of drug-likeness (QED) is 0.696. The third-order valence-electron chi connectivity index (χ3n) is 2.35. The second-order valence-corrected chi connectivity index (χ2v) is 3.53. The third kappa shape index (κ3) is 1.54. The smallest absolute Gasteiger partial charge is 0.222 e. The zero-order chi connectivity index (χ0) is 12.7. The highest BCUT2D eigenvalue weighted by Crippen LogP contribution is 2.23. The number of nitrogen functional groups attached to an aromatic ring is 1. The maximum absolute atomic E-state index is 13.6. The van der Waals surface area contributed by atoms with Crippen LogP contribution >= 0.6 is 0 Å². The van der Waals surface area contributed by atoms with E-state index in [1.165, 1.54) is 17.3 Å². The van der Waals surface area contributed by atoms with Gasteiger partial charge in [0.1, 0.15) is 24.0 Å². The number of nitrogens with zero attached hydrogens (tertiary/aromatic N) is 5. The van der Waals surface area contributed by atoms with E-state index in [0.717, 1.165) is 12.1 Å². The van der Waals surface area contributed by atoms with E-state index >= 15 is 0 Å². The number of rotatable bonds is 1. The fourth-order valence-corrected chi connectivity index (χ4v) is 1.65. The largest absolute Gasteiger partial charge is 0.368 e. The molecule has 1 aromatic carbocycles. The number of anilines is 1. The molecule has 0 unspecified atom stereocenters. The predicted molar refractivity (Wildman–Crippen MR) is 58.8 cm³/mol. The van der Waals surface area contributed by atoms with Crippen LogP contribution < -0.4 is 5.73 Å². The van der Waals surface area contributed by atoms with Gasteiger partial charge in [0.15, 0.2) is 11.6 Å². The zero-order valence-electron chi connectivity index (χ0n) is 8.88. The van der Waals surface area contributed by atoms with Gasteiger partial charge in [0.2, 0.25) is 5.95 Å². The molecule has 0 bridgehead atoms. The molecule has 3 rings (SSSR count). The number of nitrogens with two attached hydrogens (primary N) is 1. The summed E-state index contributed by atoms with van der Waals surface area (Å²) < 4.78 is 28.1. The lowest BCUT2D eigenvalue weighted by atomic mass is 10.2. The lowest BCUT2D eigenvalue weighted by Gasteiger charge is -2.06. The first kappa shape index (κ1) is 10.5. The van der Waals surface area contributed by atoms with Crippen LogP contribution in [0, 0.1) is 11.6 Å². The average molecular weight is 248 g/mol. The van der Waals surface area contributed by atoms with Crippen molar-refractivity contribution in [1.29, 1.82) is 0 Å². The Labute approximate surface area is 99.1 Å². The van der Waals surface area contributed by atoms with Gasteiger partial charge in [0.05, 0.1) is 5.39 Å². The second-order valence-electron chi connectivity index (χ2n) is 3.53. The fraction of sp³-hybridized carbons (Fsp3) is 0. The van der Waals surface area contributed by atoms with Gasteiger partial charge in [0, 0.05) is 6.07 Å². The van der Waals surface area contributed by atoms with Crippen LogP contribution in [0.15, 0.2) is 24.8 Å². The number of halogens is 2. The molecule has 0 radical (unpaired) electrons. The molecule has 8 heteroatoms. The van der Waals surface area contributed by atoms with E-state index < -0.39 is 11.6 Å². The number of fused-ring (bicyclic) bond motifs is 1. The molecule has 0 spiro atoms. The topological polar surface area (TPSA) is 82.5 Å². The monoisotopic (exact) mass is 248 g/mol. The molecule has 0 aliphatic carbocycles. The van der Waals surface area contributed by atoms with Gasteiger partial charge in [-0.15, -0.1) is 0 Å². The van der Waals surface area contributed by atoms with Crippen LogP contribution in [0.2, 0.25) is 0 Å². The predicted octanol–water partition coefficient (Wildman–Crippen LogP) is 1.07. The van der Waals surface area contributed by atoms with E-state index in [1.54, 1.807) is 0 Å². The van der Waals surface area contributed by atoms with Crippen molar-refractivity contribution >= 4 is 16.9 Å². The highest BCUT2D eigenvalue weighted by atomic mass is 19.1. The Bertz CT molecular complexity index is 725. The Morgan fingerprint density at radius 1 is 1.17 bits per heavy atom. The van der Waals surface area contributed by atoms with Crippen molar-refractivity contribution in [3.8, 4) is 5.82 Å². The Kier molecular flexibility index (Phi) is 2.15. The minimum absolute atomic E-state index is 0.0607. The average Bonchev–Trinajstić information content (AvgIpc) is 2.83. The van der Waals surface area contributed by atoms with Crippen molar-refractivity contribution in [2.75, 3.05) is 5.73 Å². The van der Waals surface area contributed by atoms with Crippen LogP contribution in [0.4, 0.5) is 14.7 Å². The molecule has 18 heavy (non-hydrogen) atoms. The molecule has 6 nitrogen and oxygen atoms in total. The molecule has 90 valence electrons. The molecule has 0 saturated carbocycles. The van der Waals surface area contributed by atoms with Gasteiger partial charge >= 0.3 is 0 Å². The van der Waals surface area contributed by atoms with Crippen LogP contribution in [-0.2, 0) is 0 Å². The molecule has 2 N–H and O–H groups in total. The van der Waals surface area contributed by atoms with E-state index in [2.05, 4.69) is 20.1 Å². The van der Waals surface area contributed by atoms with E-state index in [4.69, 9.17) is 5.73 Å². The van der Waals surface area contributed by atoms with Crippen molar-refractivity contribution in [2.24, 2.45) is 0 Å². The van der Waals surface area contributed by atoms with Crippen molar-refractivity contribution in [3.05, 3.63) is 36.4 Å². The summed E-state index contributed by atoms with van der Waals surface area (Å²) in [6.45, 7) is 0. The first-order valence-electron chi connectivity index (χ1n) is 4.92. The highest BCUT2D eigenvalue weighted by Gasteiger charge is 2.13. The summed E-state index contributed by atoms with van der Waals surface area (Å²) in [5.74, 6) is -1.48. The van der Waals surface area contributed by atoms with Crippen LogP contribution in [0.25, 0.3) is 16.7 Å². The van der Waals surface area contributed by atoms with Gasteiger partial charge in [-0.25, -0.2) is 23.4 Å². The number of hydrogen-bond acceptors (Lipinski definition) is 5. The second kappa shape index (κ2) is 3.69. The normalized spacial score (nSPS) is 11.0. The molecule has 2 heterocycles. The molecular formula is C10H6F2N6. The van der Waals surface area contributed by atoms with Crippen LogP contribution in [0.1, 0.15) is 0 Å². The van der Waals surface area contributed by atoms with E-state index in [-0.39, 0.29) is 22.7 Å². The number of aromatic nitrogens is 5. The minimum Gasteiger partial charge on any atom is -0.368 e. The fourth-order valence-electron chi connectivity index (χ4n) is 1.65. The van der Waals surface area contributed by atoms with Gasteiger partial charge in [-0.05, 0) is 6.07 Å². The standard InChI is InChI=1S/C10H6F2N6/c11-5-1-6-8(7(12)2-5)16-10(13)17-9(6)18-4-14-3-15-18/h1-4H,(H2,13,16,17). The minimum atomic E-state index is -0.805. The first-order valence-corrected chi connectivity index (χ1v) is 4.92. The van der Waals surface area contributed by atoms with E-state index in [1.807, 2.05) is 0 Å². The van der Waals surface area contributed by atoms with Gasteiger partial charge < -0.3 is 5.73 Å². The molecule has 0 atom stereocenters. The summed E-state index contributed by atoms with van der Waals surface area (Å²) in [7, 11) is 0. The summed E-state index contributed by atoms with van der Waals surface area (Å²) >= 11 is 0. The van der Waals surface area contributed by atoms with Gasteiger partial charge in [-0.3, -0.25) is 0 Å². The number of hydrogen-bond donors (Lipinski definition) is 1. The van der Waals surface area contributed by atoms with Gasteiger partial charge in [-0.2, -0.15) is 10.1 Å². The Morgan fingerprint density at radius 3 is 2.72 bits per heavy atom. The molecule has 2 aromatic heterocycles. The Hall–Kier alpha value is -2.64. The maximum Gasteiger partial charge on any atom is 0.222 e. The Balaban J connectivity index is 2.44. The lowest BCUT2D eigenvalue weighted by molar-refractivity contribution is 0.590. The third-order valence-corrected chi connectivity index (χ3v) is 2.35. The first-order chi connectivity index (χ1) is 8.65. The van der Waals surface area contributed by atoms with E-state index in [9.17, 15) is 8.78 Å². The molecular weight excluding hydrogens is 242 g/mol. The summed E-state index contributed by atoms with van der Waals surface area (Å²) in [4.78, 5) is 11.4. The summed E-state index contributed by atoms with van der Waals surface area (Å²) in [6, 6.07) is 1.86. The van der Waals surface area contributed by atoms with Crippen LogP contribution in [0.3, 0.4) is 0 Å². The number of benzene rings is 1. The molecule has 0 fully saturated rings. The maximum atomic E-state index is 13.6. The molecule has 0 aliphatic heterocycles. The summed E-state index contributed by atoms with van der Waals surface area (Å²) in [6.07, 6.45) is 2.63. The van der Waals surface area contributed by atoms with Crippen molar-refractivity contribution in [3.63, 3.8) is 0 Å². The van der Waals surface area contributed by atoms with Crippen molar-refractivity contribution in [2.45, 2.75) is 0 Å². The van der Waals surface area contributed by atoms with E-state index in [0.29, 0.717) is 0 Å². The van der Waals surface area contributed by atoms with Crippen molar-refractivity contribution < 1.29 is 8.78 Å². The summed E-state index contributed by atoms with van der Waals surface area (Å²) in [5, 5.41) is 4.03. The zero-order valence-corrected chi connectivity index (χ0v) is 8.88. The molecule has 0 saturated heterocycles. The van der Waals surface area contributed by atoms with Gasteiger partial charge in [-0.1, -0.05) is 0 Å². The van der Waals surface area contributed by atoms with Crippen molar-refractivity contribution in [1.82, 2.24) is 24.7 Å². The molecule has 0 aliphatic rings. The summed E-state index contributed by atoms with van der Waals surface area (Å²) in [5.41, 5.74) is 5.43. The molecule has 3 aromatic rings. The molecule has 0 amide bonds. The Morgan fingerprint density at radius 2 is 2.00 bits per heavy atom. The van der Waals surface area contributed by atoms with Crippen LogP contribution in [0.5, 0.6) is 0 Å². The van der Waals surface area contributed by atoms with Crippen LogP contribution in [-0.4, -0.2) is 24.7 Å². The lowest BCUT2D eigenvalue weighted by Crippen LogP contribution is -2.05. The highest BCUT2D eigenvalue weighted by molar-refractivity contribution is 5.86. The van der Waals surface area contributed by atoms with Gasteiger partial charge in [0.25, 0.3) is 0 Å².